The molecule has 1 atom stereocenters. The molecule has 2 saturated heterocycles. The van der Waals surface area contributed by atoms with E-state index in [0.29, 0.717) is 42.5 Å². The van der Waals surface area contributed by atoms with Gasteiger partial charge in [0, 0.05) is 44.0 Å². The maximum absolute atomic E-state index is 13.3. The van der Waals surface area contributed by atoms with Crippen LogP contribution in [-0.4, -0.2) is 85.2 Å². The van der Waals surface area contributed by atoms with Crippen molar-refractivity contribution in [2.75, 3.05) is 33.2 Å². The number of amides is 1. The molecule has 1 amide bonds. The third-order valence-corrected chi connectivity index (χ3v) is 7.73. The molecular formula is C26H33FN6O4. The summed E-state index contributed by atoms with van der Waals surface area (Å²) in [5.41, 5.74) is -0.306. The lowest BCUT2D eigenvalue weighted by molar-refractivity contribution is -0.0333. The summed E-state index contributed by atoms with van der Waals surface area (Å²) in [7, 11) is 1.72. The maximum Gasteiger partial charge on any atom is 0.262 e. The van der Waals surface area contributed by atoms with Crippen molar-refractivity contribution in [1.82, 2.24) is 29.2 Å². The molecule has 4 heterocycles. The summed E-state index contributed by atoms with van der Waals surface area (Å²) in [6.45, 7) is 2.25. The Morgan fingerprint density at radius 3 is 2.49 bits per heavy atom. The number of likely N-dealkylation sites (tertiary alicyclic amines) is 2. The summed E-state index contributed by atoms with van der Waals surface area (Å²) >= 11 is 0. The van der Waals surface area contributed by atoms with Gasteiger partial charge in [0.15, 0.2) is 6.35 Å². The first-order chi connectivity index (χ1) is 17.8. The average molecular weight is 513 g/mol. The number of hydrogen-bond acceptors (Lipinski definition) is 7. The van der Waals surface area contributed by atoms with Crippen LogP contribution in [0.5, 0.6) is 0 Å². The van der Waals surface area contributed by atoms with Crippen molar-refractivity contribution in [3.63, 3.8) is 0 Å². The lowest BCUT2D eigenvalue weighted by Gasteiger charge is -2.38. The first-order valence-electron chi connectivity index (χ1n) is 12.7. The van der Waals surface area contributed by atoms with E-state index in [2.05, 4.69) is 10.3 Å². The van der Waals surface area contributed by atoms with Gasteiger partial charge in [-0.2, -0.15) is 0 Å². The Morgan fingerprint density at radius 2 is 1.84 bits per heavy atom. The predicted molar refractivity (Wildman–Crippen MR) is 135 cm³/mol. The zero-order chi connectivity index (χ0) is 26.2. The molecule has 2 aliphatic rings. The van der Waals surface area contributed by atoms with E-state index < -0.39 is 17.8 Å². The molecule has 1 aromatic carbocycles. The zero-order valence-electron chi connectivity index (χ0n) is 20.9. The Labute approximate surface area is 213 Å². The quantitative estimate of drug-likeness (QED) is 0.424. The third kappa shape index (κ3) is 5.17. The monoisotopic (exact) mass is 512 g/mol. The zero-order valence-corrected chi connectivity index (χ0v) is 20.9. The molecule has 3 N–H and O–H groups in total. The number of piperidine rings is 2. The first kappa shape index (κ1) is 25.5. The molecule has 2 aromatic heterocycles. The Morgan fingerprint density at radius 1 is 1.16 bits per heavy atom. The van der Waals surface area contributed by atoms with Gasteiger partial charge in [0.1, 0.15) is 17.8 Å². The number of benzene rings is 1. The molecule has 11 heteroatoms. The highest BCUT2D eigenvalue weighted by atomic mass is 19.1. The van der Waals surface area contributed by atoms with Crippen LogP contribution in [0.25, 0.3) is 11.0 Å². The van der Waals surface area contributed by atoms with Gasteiger partial charge in [0.2, 0.25) is 0 Å². The van der Waals surface area contributed by atoms with Crippen molar-refractivity contribution in [2.24, 2.45) is 0 Å². The summed E-state index contributed by atoms with van der Waals surface area (Å²) < 4.78 is 16.7. The van der Waals surface area contributed by atoms with Crippen LogP contribution in [-0.2, 0) is 6.54 Å². The van der Waals surface area contributed by atoms with Crippen LogP contribution in [0.4, 0.5) is 4.39 Å². The van der Waals surface area contributed by atoms with Crippen molar-refractivity contribution in [3.05, 3.63) is 64.6 Å². The highest BCUT2D eigenvalue weighted by Crippen LogP contribution is 2.28. The molecule has 0 spiro atoms. The molecule has 10 nitrogen and oxygen atoms in total. The highest BCUT2D eigenvalue weighted by molar-refractivity contribution is 5.94. The van der Waals surface area contributed by atoms with Gasteiger partial charge in [-0.3, -0.25) is 24.4 Å². The van der Waals surface area contributed by atoms with E-state index in [-0.39, 0.29) is 24.1 Å². The van der Waals surface area contributed by atoms with Crippen LogP contribution in [0.1, 0.15) is 42.1 Å². The molecule has 2 aliphatic heterocycles. The summed E-state index contributed by atoms with van der Waals surface area (Å²) in [5.74, 6) is -0.597. The number of nitrogens with zero attached hydrogens (tertiary/aromatic N) is 5. The van der Waals surface area contributed by atoms with Crippen molar-refractivity contribution in [2.45, 2.75) is 50.2 Å². The number of rotatable bonds is 6. The van der Waals surface area contributed by atoms with Gasteiger partial charge >= 0.3 is 0 Å². The predicted octanol–water partition coefficient (Wildman–Crippen LogP) is 1.14. The van der Waals surface area contributed by atoms with Crippen LogP contribution in [0.3, 0.4) is 0 Å². The lowest BCUT2D eigenvalue weighted by Crippen LogP contribution is -2.49. The Kier molecular flexibility index (Phi) is 7.13. The number of carbonyl (C=O) groups excluding carboxylic acids is 1. The first-order valence-corrected chi connectivity index (χ1v) is 12.7. The molecule has 5 rings (SSSR count). The second-order valence-electron chi connectivity index (χ2n) is 10.1. The normalized spacial score (nSPS) is 19.8. The van der Waals surface area contributed by atoms with Gasteiger partial charge in [0.25, 0.3) is 11.5 Å². The van der Waals surface area contributed by atoms with Gasteiger partial charge < -0.3 is 19.7 Å². The molecule has 1 unspecified atom stereocenters. The highest BCUT2D eigenvalue weighted by Gasteiger charge is 2.35. The van der Waals surface area contributed by atoms with Gasteiger partial charge in [-0.1, -0.05) is 0 Å². The van der Waals surface area contributed by atoms with E-state index in [1.807, 2.05) is 15.7 Å². The number of aliphatic hydroxyl groups excluding tert-OH is 1. The third-order valence-electron chi connectivity index (χ3n) is 7.73. The standard InChI is InChI=1S/C26H33FN6O4/c1-28-25(36)31-11-6-20(7-12-31)33-13-8-21-22(33)29-17-32(24(21)35)16-26(37)9-14-30(15-10-26)23(34)18-2-4-19(27)5-3-18/h2-5,8,13,17,20,25,28,36-37H,6-7,9-12,14-16H2,1H3. The summed E-state index contributed by atoms with van der Waals surface area (Å²) in [5, 5.41) is 24.6. The molecular weight excluding hydrogens is 479 g/mol. The molecule has 0 saturated carbocycles. The van der Waals surface area contributed by atoms with Gasteiger partial charge in [0.05, 0.1) is 17.5 Å². The topological polar surface area (TPSA) is 116 Å². The fourth-order valence-corrected chi connectivity index (χ4v) is 5.45. The fraction of sp³-hybridized carbons (Fsp3) is 0.500. The van der Waals surface area contributed by atoms with Crippen LogP contribution in [0.2, 0.25) is 0 Å². The van der Waals surface area contributed by atoms with E-state index >= 15 is 0 Å². The van der Waals surface area contributed by atoms with Gasteiger partial charge in [-0.05, 0) is 63.1 Å². The number of halogens is 1. The van der Waals surface area contributed by atoms with Crippen LogP contribution in [0.15, 0.2) is 47.7 Å². The molecule has 198 valence electrons. The summed E-state index contributed by atoms with van der Waals surface area (Å²) in [4.78, 5) is 34.2. The van der Waals surface area contributed by atoms with Crippen LogP contribution < -0.4 is 10.9 Å². The van der Waals surface area contributed by atoms with E-state index in [9.17, 15) is 24.2 Å². The Bertz CT molecular complexity index is 1310. The van der Waals surface area contributed by atoms with Gasteiger partial charge in [-0.25, -0.2) is 9.37 Å². The molecule has 2 fully saturated rings. The molecule has 37 heavy (non-hydrogen) atoms. The SMILES string of the molecule is CNC(O)N1CCC(n2ccc3c(=O)n(CC4(O)CCN(C(=O)c5ccc(F)cc5)CC4)cnc32)CC1. The number of nitrogens with one attached hydrogen (secondary N) is 1. The van der Waals surface area contributed by atoms with E-state index in [4.69, 9.17) is 0 Å². The molecule has 0 radical (unpaired) electrons. The Hall–Kier alpha value is -3.12. The van der Waals surface area contributed by atoms with Crippen molar-refractivity contribution in [3.8, 4) is 0 Å². The number of carbonyl (C=O) groups is 1. The lowest BCUT2D eigenvalue weighted by atomic mass is 9.91. The Balaban J connectivity index is 1.25. The number of aromatic nitrogens is 3. The summed E-state index contributed by atoms with van der Waals surface area (Å²) in [6.07, 6.45) is 5.04. The van der Waals surface area contributed by atoms with Crippen molar-refractivity contribution in [1.29, 1.82) is 0 Å². The van der Waals surface area contributed by atoms with E-state index in [1.54, 1.807) is 18.0 Å². The van der Waals surface area contributed by atoms with Crippen LogP contribution in [0, 0.1) is 5.82 Å². The minimum absolute atomic E-state index is 0.0961. The minimum Gasteiger partial charge on any atom is -0.388 e. The number of fused-ring (bicyclic) bond motifs is 1. The maximum atomic E-state index is 13.3. The van der Waals surface area contributed by atoms with E-state index in [0.717, 1.165) is 25.9 Å². The number of hydrogen-bond donors (Lipinski definition) is 3. The molecule has 0 aliphatic carbocycles. The minimum atomic E-state index is -1.14. The average Bonchev–Trinajstić information content (AvgIpc) is 3.35. The van der Waals surface area contributed by atoms with Crippen LogP contribution >= 0.6 is 0 Å². The van der Waals surface area contributed by atoms with Crippen molar-refractivity contribution < 1.29 is 19.4 Å². The fourth-order valence-electron chi connectivity index (χ4n) is 5.45. The number of aliphatic hydroxyl groups is 2. The second kappa shape index (κ2) is 10.3. The second-order valence-corrected chi connectivity index (χ2v) is 10.1. The smallest absolute Gasteiger partial charge is 0.262 e. The van der Waals surface area contributed by atoms with Crippen molar-refractivity contribution >= 4 is 16.9 Å². The van der Waals surface area contributed by atoms with Gasteiger partial charge in [-0.15, -0.1) is 0 Å². The summed E-state index contributed by atoms with van der Waals surface area (Å²) in [6, 6.07) is 7.40. The largest absolute Gasteiger partial charge is 0.388 e. The molecule has 3 aromatic rings. The van der Waals surface area contributed by atoms with E-state index in [1.165, 1.54) is 35.2 Å². The molecule has 0 bridgehead atoms.